The lowest BCUT2D eigenvalue weighted by atomic mass is 10.1. The lowest BCUT2D eigenvalue weighted by molar-refractivity contribution is -0.256. The van der Waals surface area contributed by atoms with Crippen molar-refractivity contribution in [3.8, 4) is 0 Å². The highest BCUT2D eigenvalue weighted by Gasteiger charge is 2.07. The van der Waals surface area contributed by atoms with Crippen molar-refractivity contribution in [1.29, 1.82) is 0 Å². The molecule has 0 saturated heterocycles. The molecule has 0 N–H and O–H groups in total. The average molecular weight is 322 g/mol. The number of benzene rings is 1. The molecule has 0 radical (unpaired) electrons. The van der Waals surface area contributed by atoms with Crippen molar-refractivity contribution in [3.05, 3.63) is 32.2 Å². The molecular formula is C8H2Br2O4-2. The first-order chi connectivity index (χ1) is 6.43. The van der Waals surface area contributed by atoms with Gasteiger partial charge in [-0.3, -0.25) is 0 Å². The summed E-state index contributed by atoms with van der Waals surface area (Å²) in [6, 6.07) is 2.29. The summed E-state index contributed by atoms with van der Waals surface area (Å²) in [6.07, 6.45) is 0. The topological polar surface area (TPSA) is 80.3 Å². The fourth-order valence-corrected chi connectivity index (χ4v) is 1.87. The van der Waals surface area contributed by atoms with Gasteiger partial charge >= 0.3 is 0 Å². The van der Waals surface area contributed by atoms with Crippen LogP contribution in [0.1, 0.15) is 20.7 Å². The molecule has 74 valence electrons. The molecule has 1 aromatic rings. The number of hydrogen-bond acceptors (Lipinski definition) is 4. The Morgan fingerprint density at radius 1 is 0.929 bits per heavy atom. The van der Waals surface area contributed by atoms with Crippen molar-refractivity contribution < 1.29 is 19.8 Å². The van der Waals surface area contributed by atoms with Crippen LogP contribution in [0.25, 0.3) is 0 Å². The Labute approximate surface area is 95.8 Å². The Bertz CT molecular complexity index is 374. The van der Waals surface area contributed by atoms with Crippen LogP contribution in [-0.4, -0.2) is 11.9 Å². The minimum absolute atomic E-state index is 0.123. The number of halogens is 2. The van der Waals surface area contributed by atoms with Gasteiger partial charge in [-0.2, -0.15) is 0 Å². The van der Waals surface area contributed by atoms with Crippen molar-refractivity contribution >= 4 is 43.8 Å². The van der Waals surface area contributed by atoms with Crippen molar-refractivity contribution in [2.45, 2.75) is 0 Å². The SMILES string of the molecule is O=C([O-])c1cc(Br)c(C(=O)[O-])cc1Br. The van der Waals surface area contributed by atoms with Crippen LogP contribution in [0.2, 0.25) is 0 Å². The summed E-state index contributed by atoms with van der Waals surface area (Å²) in [6.45, 7) is 0. The highest BCUT2D eigenvalue weighted by atomic mass is 79.9. The minimum atomic E-state index is -1.39. The highest BCUT2D eigenvalue weighted by molar-refractivity contribution is 9.11. The van der Waals surface area contributed by atoms with E-state index < -0.39 is 11.9 Å². The molecule has 14 heavy (non-hydrogen) atoms. The number of carboxylic acid groups (broad SMARTS) is 2. The molecule has 0 aliphatic heterocycles. The van der Waals surface area contributed by atoms with E-state index in [1.165, 1.54) is 0 Å². The summed E-state index contributed by atoms with van der Waals surface area (Å²) in [5.41, 5.74) is -0.247. The van der Waals surface area contributed by atoms with Crippen LogP contribution >= 0.6 is 31.9 Å². The van der Waals surface area contributed by atoms with E-state index in [1.807, 2.05) is 0 Å². The Kier molecular flexibility index (Phi) is 3.28. The van der Waals surface area contributed by atoms with Crippen LogP contribution in [0.5, 0.6) is 0 Å². The second-order valence-electron chi connectivity index (χ2n) is 2.39. The van der Waals surface area contributed by atoms with Crippen LogP contribution in [0, 0.1) is 0 Å². The number of carbonyl (C=O) groups excluding carboxylic acids is 2. The Balaban J connectivity index is 3.38. The lowest BCUT2D eigenvalue weighted by Gasteiger charge is -2.11. The Hall–Kier alpha value is -0.880. The average Bonchev–Trinajstić information content (AvgIpc) is 2.07. The van der Waals surface area contributed by atoms with Crippen LogP contribution in [0.4, 0.5) is 0 Å². The quantitative estimate of drug-likeness (QED) is 0.764. The first kappa shape index (κ1) is 11.2. The molecule has 1 rings (SSSR count). The largest absolute Gasteiger partial charge is 0.545 e. The second kappa shape index (κ2) is 4.10. The van der Waals surface area contributed by atoms with Gasteiger partial charge in [0.2, 0.25) is 0 Å². The van der Waals surface area contributed by atoms with E-state index in [1.54, 1.807) is 0 Å². The first-order valence-corrected chi connectivity index (χ1v) is 4.94. The van der Waals surface area contributed by atoms with Crippen LogP contribution in [0.15, 0.2) is 21.1 Å². The van der Waals surface area contributed by atoms with E-state index in [0.717, 1.165) is 12.1 Å². The van der Waals surface area contributed by atoms with Crippen molar-refractivity contribution in [2.24, 2.45) is 0 Å². The molecule has 0 fully saturated rings. The molecule has 4 nitrogen and oxygen atoms in total. The summed E-state index contributed by atoms with van der Waals surface area (Å²) in [5.74, 6) is -2.77. The molecule has 6 heteroatoms. The number of aromatic carboxylic acids is 2. The molecule has 0 aromatic heterocycles. The third-order valence-corrected chi connectivity index (χ3v) is 2.81. The maximum Gasteiger partial charge on any atom is 0.0727 e. The standard InChI is InChI=1S/C8H4Br2O4/c9-5-1-3(7(11)12)6(10)2-4(5)8(13)14/h1-2H,(H,11,12)(H,13,14)/p-2. The molecule has 0 atom stereocenters. The van der Waals surface area contributed by atoms with Crippen LogP contribution in [0.3, 0.4) is 0 Å². The van der Waals surface area contributed by atoms with E-state index >= 15 is 0 Å². The molecule has 0 aliphatic carbocycles. The summed E-state index contributed by atoms with van der Waals surface area (Å²) in [7, 11) is 0. The van der Waals surface area contributed by atoms with Gasteiger partial charge in [0.1, 0.15) is 0 Å². The van der Waals surface area contributed by atoms with E-state index in [2.05, 4.69) is 31.9 Å². The van der Waals surface area contributed by atoms with Gasteiger partial charge in [-0.25, -0.2) is 0 Å². The van der Waals surface area contributed by atoms with Gasteiger partial charge < -0.3 is 19.8 Å². The molecule has 0 heterocycles. The molecule has 0 aliphatic rings. The number of rotatable bonds is 2. The maximum atomic E-state index is 10.5. The minimum Gasteiger partial charge on any atom is -0.545 e. The molecule has 0 amide bonds. The Morgan fingerprint density at radius 2 is 1.21 bits per heavy atom. The van der Waals surface area contributed by atoms with Crippen molar-refractivity contribution in [1.82, 2.24) is 0 Å². The number of hydrogen-bond donors (Lipinski definition) is 0. The van der Waals surface area contributed by atoms with Crippen molar-refractivity contribution in [2.75, 3.05) is 0 Å². The summed E-state index contributed by atoms with van der Waals surface area (Å²) in [5, 5.41) is 21.1. The highest BCUT2D eigenvalue weighted by Crippen LogP contribution is 2.25. The smallest absolute Gasteiger partial charge is 0.0727 e. The first-order valence-electron chi connectivity index (χ1n) is 3.35. The second-order valence-corrected chi connectivity index (χ2v) is 4.10. The van der Waals surface area contributed by atoms with Gasteiger partial charge in [0, 0.05) is 20.1 Å². The Morgan fingerprint density at radius 3 is 1.43 bits per heavy atom. The molecule has 0 unspecified atom stereocenters. The van der Waals surface area contributed by atoms with Gasteiger partial charge in [-0.15, -0.1) is 0 Å². The third kappa shape index (κ3) is 2.13. The normalized spacial score (nSPS) is 9.86. The zero-order valence-corrected chi connectivity index (χ0v) is 9.72. The fourth-order valence-electron chi connectivity index (χ4n) is 0.860. The molecular weight excluding hydrogens is 320 g/mol. The van der Waals surface area contributed by atoms with E-state index in [0.29, 0.717) is 0 Å². The summed E-state index contributed by atoms with van der Waals surface area (Å²) < 4.78 is 0.278. The zero-order valence-electron chi connectivity index (χ0n) is 6.54. The van der Waals surface area contributed by atoms with Crippen molar-refractivity contribution in [3.63, 3.8) is 0 Å². The van der Waals surface area contributed by atoms with Gasteiger partial charge in [-0.05, 0) is 12.1 Å². The van der Waals surface area contributed by atoms with Gasteiger partial charge in [0.05, 0.1) is 11.9 Å². The van der Waals surface area contributed by atoms with Gasteiger partial charge in [0.25, 0.3) is 0 Å². The monoisotopic (exact) mass is 320 g/mol. The predicted molar refractivity (Wildman–Crippen MR) is 50.5 cm³/mol. The third-order valence-electron chi connectivity index (χ3n) is 1.50. The van der Waals surface area contributed by atoms with E-state index in [9.17, 15) is 19.8 Å². The summed E-state index contributed by atoms with van der Waals surface area (Å²) in [4.78, 5) is 21.1. The molecule has 0 spiro atoms. The van der Waals surface area contributed by atoms with E-state index in [4.69, 9.17) is 0 Å². The molecule has 1 aromatic carbocycles. The maximum absolute atomic E-state index is 10.5. The molecule has 0 bridgehead atoms. The number of carbonyl (C=O) groups is 2. The predicted octanol–water partition coefficient (Wildman–Crippen LogP) is -0.0614. The lowest BCUT2D eigenvalue weighted by Crippen LogP contribution is -2.25. The zero-order chi connectivity index (χ0) is 10.9. The van der Waals surface area contributed by atoms with Crippen LogP contribution < -0.4 is 10.2 Å². The number of carboxylic acids is 2. The van der Waals surface area contributed by atoms with Gasteiger partial charge in [-0.1, -0.05) is 31.9 Å². The fraction of sp³-hybridized carbons (Fsp3) is 0. The van der Waals surface area contributed by atoms with Crippen LogP contribution in [-0.2, 0) is 0 Å². The van der Waals surface area contributed by atoms with E-state index in [-0.39, 0.29) is 20.1 Å². The van der Waals surface area contributed by atoms with Gasteiger partial charge in [0.15, 0.2) is 0 Å². The summed E-state index contributed by atoms with van der Waals surface area (Å²) >= 11 is 5.83. The molecule has 0 saturated carbocycles.